The lowest BCUT2D eigenvalue weighted by Gasteiger charge is -2.16. The van der Waals surface area contributed by atoms with Crippen LogP contribution >= 0.6 is 0 Å². The summed E-state index contributed by atoms with van der Waals surface area (Å²) in [6, 6.07) is 15.2. The molecule has 2 aromatic rings. The van der Waals surface area contributed by atoms with Gasteiger partial charge in [-0.05, 0) is 56.0 Å². The zero-order valence-electron chi connectivity index (χ0n) is 14.8. The molecule has 0 bridgehead atoms. The zero-order chi connectivity index (χ0) is 18.1. The third-order valence-electron chi connectivity index (χ3n) is 4.00. The van der Waals surface area contributed by atoms with Crippen molar-refractivity contribution >= 4 is 11.7 Å². The molecule has 2 amide bonds. The van der Waals surface area contributed by atoms with Gasteiger partial charge in [-0.25, -0.2) is 4.79 Å². The number of benzene rings is 2. The van der Waals surface area contributed by atoms with Crippen LogP contribution in [0, 0.1) is 6.92 Å². The molecule has 0 aliphatic heterocycles. The average Bonchev–Trinajstić information content (AvgIpc) is 2.61. The van der Waals surface area contributed by atoms with Crippen molar-refractivity contribution in [3.63, 3.8) is 0 Å². The highest BCUT2D eigenvalue weighted by atomic mass is 16.5. The van der Waals surface area contributed by atoms with Crippen LogP contribution in [0.5, 0.6) is 5.75 Å². The molecule has 0 radical (unpaired) electrons. The minimum atomic E-state index is -0.241. The van der Waals surface area contributed by atoms with E-state index in [-0.39, 0.29) is 18.7 Å². The maximum absolute atomic E-state index is 12.1. The second-order valence-electron chi connectivity index (χ2n) is 6.06. The first-order valence-corrected chi connectivity index (χ1v) is 8.55. The largest absolute Gasteiger partial charge is 0.489 e. The second kappa shape index (κ2) is 9.69. The van der Waals surface area contributed by atoms with Crippen molar-refractivity contribution in [3.05, 3.63) is 59.7 Å². The molecular formula is C20H26N2O3. The molecule has 0 saturated heterocycles. The van der Waals surface area contributed by atoms with Crippen LogP contribution in [0.4, 0.5) is 10.5 Å². The van der Waals surface area contributed by atoms with E-state index in [9.17, 15) is 4.79 Å². The zero-order valence-corrected chi connectivity index (χ0v) is 14.8. The fourth-order valence-corrected chi connectivity index (χ4v) is 2.50. The quantitative estimate of drug-likeness (QED) is 0.682. The van der Waals surface area contributed by atoms with Gasteiger partial charge in [-0.1, -0.05) is 30.3 Å². The van der Waals surface area contributed by atoms with E-state index in [0.717, 1.165) is 29.0 Å². The van der Waals surface area contributed by atoms with Gasteiger partial charge in [-0.3, -0.25) is 0 Å². The Balaban J connectivity index is 1.94. The maximum Gasteiger partial charge on any atom is 0.319 e. The summed E-state index contributed by atoms with van der Waals surface area (Å²) in [4.78, 5) is 12.1. The number of urea groups is 1. The molecule has 25 heavy (non-hydrogen) atoms. The van der Waals surface area contributed by atoms with Crippen LogP contribution in [-0.2, 0) is 6.61 Å². The number of carbonyl (C=O) groups is 1. The van der Waals surface area contributed by atoms with E-state index in [1.807, 2.05) is 62.4 Å². The minimum absolute atomic E-state index is 0.0112. The van der Waals surface area contributed by atoms with Crippen LogP contribution in [0.15, 0.2) is 48.5 Å². The molecule has 0 aliphatic rings. The molecule has 0 saturated carbocycles. The molecule has 0 heterocycles. The molecule has 1 atom stereocenters. The van der Waals surface area contributed by atoms with Crippen molar-refractivity contribution in [1.29, 1.82) is 0 Å². The standard InChI is InChI=1S/C20H26N2O3/c1-15(8-7-13-23)21-20(24)22-19-12-6-9-17(16(19)2)14-25-18-10-4-3-5-11-18/h3-6,9-12,15,23H,7-8,13-14H2,1-2H3,(H2,21,22,24). The molecule has 5 nitrogen and oxygen atoms in total. The Kier molecular flexibility index (Phi) is 7.29. The normalized spacial score (nSPS) is 11.6. The van der Waals surface area contributed by atoms with E-state index in [0.29, 0.717) is 13.0 Å². The number of amides is 2. The van der Waals surface area contributed by atoms with Crippen molar-refractivity contribution in [2.45, 2.75) is 39.3 Å². The Morgan fingerprint density at radius 2 is 1.92 bits per heavy atom. The molecular weight excluding hydrogens is 316 g/mol. The van der Waals surface area contributed by atoms with Crippen LogP contribution in [0.3, 0.4) is 0 Å². The molecule has 134 valence electrons. The second-order valence-corrected chi connectivity index (χ2v) is 6.06. The summed E-state index contributed by atoms with van der Waals surface area (Å²) in [5, 5.41) is 14.6. The molecule has 0 spiro atoms. The van der Waals surface area contributed by atoms with Gasteiger partial charge in [0.05, 0.1) is 0 Å². The SMILES string of the molecule is Cc1c(COc2ccccc2)cccc1NC(=O)NC(C)CCCO. The van der Waals surface area contributed by atoms with Crippen molar-refractivity contribution in [2.24, 2.45) is 0 Å². The van der Waals surface area contributed by atoms with Gasteiger partial charge in [0.1, 0.15) is 12.4 Å². The number of rotatable bonds is 8. The van der Waals surface area contributed by atoms with Crippen LogP contribution < -0.4 is 15.4 Å². The molecule has 2 aromatic carbocycles. The molecule has 0 aromatic heterocycles. The number of carbonyl (C=O) groups excluding carboxylic acids is 1. The van der Waals surface area contributed by atoms with Crippen LogP contribution in [0.25, 0.3) is 0 Å². The van der Waals surface area contributed by atoms with E-state index in [1.54, 1.807) is 0 Å². The number of ether oxygens (including phenoxy) is 1. The average molecular weight is 342 g/mol. The van der Waals surface area contributed by atoms with Crippen LogP contribution in [0.2, 0.25) is 0 Å². The Bertz CT molecular complexity index is 674. The predicted octanol–water partition coefficient (Wildman–Crippen LogP) is 3.86. The van der Waals surface area contributed by atoms with Crippen molar-refractivity contribution in [1.82, 2.24) is 5.32 Å². The van der Waals surface area contributed by atoms with Crippen molar-refractivity contribution in [3.8, 4) is 5.75 Å². The number of hydrogen-bond donors (Lipinski definition) is 3. The first-order valence-electron chi connectivity index (χ1n) is 8.55. The van der Waals surface area contributed by atoms with E-state index >= 15 is 0 Å². The van der Waals surface area contributed by atoms with Gasteiger partial charge in [-0.2, -0.15) is 0 Å². The predicted molar refractivity (Wildman–Crippen MR) is 99.9 cm³/mol. The Morgan fingerprint density at radius 3 is 2.64 bits per heavy atom. The fraction of sp³-hybridized carbons (Fsp3) is 0.350. The molecule has 5 heteroatoms. The lowest BCUT2D eigenvalue weighted by Crippen LogP contribution is -2.36. The Morgan fingerprint density at radius 1 is 1.16 bits per heavy atom. The number of aliphatic hydroxyl groups excluding tert-OH is 1. The van der Waals surface area contributed by atoms with Crippen molar-refractivity contribution < 1.29 is 14.6 Å². The molecule has 0 fully saturated rings. The summed E-state index contributed by atoms with van der Waals surface area (Å²) in [6.07, 6.45) is 1.42. The molecule has 0 aliphatic carbocycles. The van der Waals surface area contributed by atoms with E-state index < -0.39 is 0 Å². The fourth-order valence-electron chi connectivity index (χ4n) is 2.50. The lowest BCUT2D eigenvalue weighted by molar-refractivity contribution is 0.245. The van der Waals surface area contributed by atoms with Crippen LogP contribution in [0.1, 0.15) is 30.9 Å². The van der Waals surface area contributed by atoms with E-state index in [4.69, 9.17) is 9.84 Å². The molecule has 3 N–H and O–H groups in total. The highest BCUT2D eigenvalue weighted by molar-refractivity contribution is 5.90. The van der Waals surface area contributed by atoms with E-state index in [2.05, 4.69) is 10.6 Å². The Hall–Kier alpha value is -2.53. The van der Waals surface area contributed by atoms with Crippen molar-refractivity contribution in [2.75, 3.05) is 11.9 Å². The summed E-state index contributed by atoms with van der Waals surface area (Å²) < 4.78 is 5.79. The highest BCUT2D eigenvalue weighted by Gasteiger charge is 2.10. The van der Waals surface area contributed by atoms with Gasteiger partial charge >= 0.3 is 6.03 Å². The highest BCUT2D eigenvalue weighted by Crippen LogP contribution is 2.21. The number of hydrogen-bond acceptors (Lipinski definition) is 3. The monoisotopic (exact) mass is 342 g/mol. The van der Waals surface area contributed by atoms with Gasteiger partial charge in [0.25, 0.3) is 0 Å². The van der Waals surface area contributed by atoms with Gasteiger partial charge in [0.15, 0.2) is 0 Å². The summed E-state index contributed by atoms with van der Waals surface area (Å²) in [5.74, 6) is 0.815. The summed E-state index contributed by atoms with van der Waals surface area (Å²) in [6.45, 7) is 4.47. The van der Waals surface area contributed by atoms with Gasteiger partial charge in [0, 0.05) is 18.3 Å². The maximum atomic E-state index is 12.1. The summed E-state index contributed by atoms with van der Waals surface area (Å²) in [7, 11) is 0. The smallest absolute Gasteiger partial charge is 0.319 e. The molecule has 2 rings (SSSR count). The topological polar surface area (TPSA) is 70.6 Å². The number of aliphatic hydroxyl groups is 1. The molecule has 1 unspecified atom stereocenters. The van der Waals surface area contributed by atoms with E-state index in [1.165, 1.54) is 0 Å². The number of nitrogens with one attached hydrogen (secondary N) is 2. The summed E-state index contributed by atoms with van der Waals surface area (Å²) >= 11 is 0. The van der Waals surface area contributed by atoms with Gasteiger partial charge < -0.3 is 20.5 Å². The summed E-state index contributed by atoms with van der Waals surface area (Å²) in [5.41, 5.74) is 2.77. The van der Waals surface area contributed by atoms with Gasteiger partial charge in [-0.15, -0.1) is 0 Å². The number of para-hydroxylation sites is 1. The third kappa shape index (κ3) is 6.12. The third-order valence-corrected chi connectivity index (χ3v) is 4.00. The number of anilines is 1. The van der Waals surface area contributed by atoms with Gasteiger partial charge in [0.2, 0.25) is 0 Å². The van der Waals surface area contributed by atoms with Crippen LogP contribution in [-0.4, -0.2) is 23.8 Å². The Labute approximate surface area is 149 Å². The first-order chi connectivity index (χ1) is 12.1. The first kappa shape index (κ1) is 18.8. The lowest BCUT2D eigenvalue weighted by atomic mass is 10.1. The minimum Gasteiger partial charge on any atom is -0.489 e.